The van der Waals surface area contributed by atoms with E-state index >= 15 is 0 Å². The summed E-state index contributed by atoms with van der Waals surface area (Å²) < 4.78 is 25.0. The largest absolute Gasteiger partial charge is 0.493 e. The maximum atomic E-state index is 13.6. The summed E-state index contributed by atoms with van der Waals surface area (Å²) in [6, 6.07) is 8.50. The Kier molecular flexibility index (Phi) is 7.54. The zero-order valence-electron chi connectivity index (χ0n) is 17.3. The minimum Gasteiger partial charge on any atom is -0.493 e. The summed E-state index contributed by atoms with van der Waals surface area (Å²) in [4.78, 5) is 19.0. The molecule has 7 heteroatoms. The number of fused-ring (bicyclic) bond motifs is 1. The third kappa shape index (κ3) is 5.43. The number of ether oxygens (including phenoxy) is 2. The fourth-order valence-corrected chi connectivity index (χ4v) is 3.16. The van der Waals surface area contributed by atoms with Crippen molar-refractivity contribution < 1.29 is 18.7 Å². The first-order valence-electron chi connectivity index (χ1n) is 10.0. The van der Waals surface area contributed by atoms with E-state index in [1.54, 1.807) is 26.2 Å². The Labute approximate surface area is 175 Å². The van der Waals surface area contributed by atoms with E-state index in [4.69, 9.17) is 9.47 Å². The normalized spacial score (nSPS) is 10.8. The average molecular weight is 411 g/mol. The van der Waals surface area contributed by atoms with Crippen molar-refractivity contribution in [1.29, 1.82) is 0 Å². The second-order valence-corrected chi connectivity index (χ2v) is 7.05. The zero-order chi connectivity index (χ0) is 21.3. The summed E-state index contributed by atoms with van der Waals surface area (Å²) in [6.45, 7) is 2.27. The van der Waals surface area contributed by atoms with Crippen LogP contribution in [0.3, 0.4) is 0 Å². The first-order chi connectivity index (χ1) is 14.6. The predicted molar refractivity (Wildman–Crippen MR) is 115 cm³/mol. The van der Waals surface area contributed by atoms with Gasteiger partial charge in [-0.05, 0) is 49.6 Å². The molecule has 1 aromatic heterocycles. The molecule has 30 heavy (non-hydrogen) atoms. The average Bonchev–Trinajstić information content (AvgIpc) is 2.75. The highest BCUT2D eigenvalue weighted by atomic mass is 19.1. The molecule has 0 aliphatic rings. The van der Waals surface area contributed by atoms with Crippen LogP contribution in [0.1, 0.15) is 37.7 Å². The number of aryl methyl sites for hydroxylation is 1. The number of halogens is 1. The molecule has 0 fully saturated rings. The molecule has 1 N–H and O–H groups in total. The molecule has 3 aromatic rings. The van der Waals surface area contributed by atoms with Crippen LogP contribution in [0, 0.1) is 12.7 Å². The molecule has 158 valence electrons. The lowest BCUT2D eigenvalue weighted by atomic mass is 10.1. The number of carbonyl (C=O) groups is 1. The maximum Gasteiger partial charge on any atom is 0.162 e. The van der Waals surface area contributed by atoms with Gasteiger partial charge in [0, 0.05) is 23.6 Å². The molecule has 0 saturated heterocycles. The summed E-state index contributed by atoms with van der Waals surface area (Å²) >= 11 is 0. The van der Waals surface area contributed by atoms with E-state index in [0.717, 1.165) is 43.0 Å². The summed E-state index contributed by atoms with van der Waals surface area (Å²) in [5.41, 5.74) is 2.00. The molecular weight excluding hydrogens is 385 g/mol. The number of aldehydes is 1. The lowest BCUT2D eigenvalue weighted by molar-refractivity contribution is -0.107. The van der Waals surface area contributed by atoms with E-state index in [-0.39, 0.29) is 5.82 Å². The van der Waals surface area contributed by atoms with E-state index in [9.17, 15) is 9.18 Å². The van der Waals surface area contributed by atoms with Crippen molar-refractivity contribution in [2.24, 2.45) is 0 Å². The van der Waals surface area contributed by atoms with Gasteiger partial charge in [-0.2, -0.15) is 0 Å². The first-order valence-corrected chi connectivity index (χ1v) is 10.0. The second-order valence-electron chi connectivity index (χ2n) is 7.05. The number of methoxy groups -OCH3 is 1. The maximum absolute atomic E-state index is 13.6. The standard InChI is InChI=1S/C23H26FN3O3/c1-16-12-17(8-9-19(16)24)27-23-18-13-22(30-11-7-5-3-4-6-10-28)21(29-2)14-20(18)25-15-26-23/h8-10,12-15H,3-7,11H2,1-2H3,(H,25,26,27). The van der Waals surface area contributed by atoms with E-state index in [0.29, 0.717) is 41.4 Å². The lowest BCUT2D eigenvalue weighted by Crippen LogP contribution is -2.01. The Morgan fingerprint density at radius 2 is 1.90 bits per heavy atom. The molecule has 3 rings (SSSR count). The SMILES string of the molecule is COc1cc2ncnc(Nc3ccc(F)c(C)c3)c2cc1OCCCCCCC=O. The smallest absolute Gasteiger partial charge is 0.162 e. The molecule has 0 radical (unpaired) electrons. The fourth-order valence-electron chi connectivity index (χ4n) is 3.16. The van der Waals surface area contributed by atoms with Gasteiger partial charge in [-0.3, -0.25) is 0 Å². The monoisotopic (exact) mass is 411 g/mol. The fraction of sp³-hybridized carbons (Fsp3) is 0.348. The second kappa shape index (κ2) is 10.5. The molecule has 2 aromatic carbocycles. The van der Waals surface area contributed by atoms with Crippen molar-refractivity contribution >= 4 is 28.7 Å². The van der Waals surface area contributed by atoms with Gasteiger partial charge < -0.3 is 19.6 Å². The van der Waals surface area contributed by atoms with E-state index in [2.05, 4.69) is 15.3 Å². The van der Waals surface area contributed by atoms with Crippen LogP contribution in [0.4, 0.5) is 15.9 Å². The number of nitrogens with one attached hydrogen (secondary N) is 1. The lowest BCUT2D eigenvalue weighted by Gasteiger charge is -2.14. The van der Waals surface area contributed by atoms with Crippen molar-refractivity contribution in [3.63, 3.8) is 0 Å². The number of hydrogen-bond acceptors (Lipinski definition) is 6. The third-order valence-corrected chi connectivity index (χ3v) is 4.82. The Balaban J connectivity index is 1.77. The number of nitrogens with zero attached hydrogens (tertiary/aromatic N) is 2. The van der Waals surface area contributed by atoms with Gasteiger partial charge in [0.2, 0.25) is 0 Å². The Hall–Kier alpha value is -3.22. The minimum absolute atomic E-state index is 0.250. The van der Waals surface area contributed by atoms with E-state index < -0.39 is 0 Å². The molecule has 0 unspecified atom stereocenters. The number of carbonyl (C=O) groups excluding carboxylic acids is 1. The van der Waals surface area contributed by atoms with Gasteiger partial charge in [-0.1, -0.05) is 12.8 Å². The molecule has 1 heterocycles. The highest BCUT2D eigenvalue weighted by Crippen LogP contribution is 2.35. The molecular formula is C23H26FN3O3. The summed E-state index contributed by atoms with van der Waals surface area (Å²) in [6.07, 6.45) is 6.86. The third-order valence-electron chi connectivity index (χ3n) is 4.82. The Morgan fingerprint density at radius 3 is 2.67 bits per heavy atom. The van der Waals surface area contributed by atoms with Crippen LogP contribution < -0.4 is 14.8 Å². The van der Waals surface area contributed by atoms with Crippen molar-refractivity contribution in [2.45, 2.75) is 39.0 Å². The van der Waals surface area contributed by atoms with Gasteiger partial charge in [-0.25, -0.2) is 14.4 Å². The van der Waals surface area contributed by atoms with Gasteiger partial charge in [-0.15, -0.1) is 0 Å². The summed E-state index contributed by atoms with van der Waals surface area (Å²) in [7, 11) is 1.59. The van der Waals surface area contributed by atoms with Crippen LogP contribution in [0.25, 0.3) is 10.9 Å². The highest BCUT2D eigenvalue weighted by molar-refractivity contribution is 5.93. The van der Waals surface area contributed by atoms with Crippen LogP contribution in [-0.2, 0) is 4.79 Å². The van der Waals surface area contributed by atoms with E-state index in [1.807, 2.05) is 12.1 Å². The topological polar surface area (TPSA) is 73.3 Å². The number of rotatable bonds is 11. The first kappa shape index (κ1) is 21.5. The van der Waals surface area contributed by atoms with Gasteiger partial charge in [0.05, 0.1) is 19.2 Å². The van der Waals surface area contributed by atoms with E-state index in [1.165, 1.54) is 12.4 Å². The minimum atomic E-state index is -0.250. The number of benzene rings is 2. The van der Waals surface area contributed by atoms with Crippen molar-refractivity contribution in [2.75, 3.05) is 19.0 Å². The van der Waals surface area contributed by atoms with Crippen LogP contribution >= 0.6 is 0 Å². The van der Waals surface area contributed by atoms with Gasteiger partial charge in [0.1, 0.15) is 24.2 Å². The highest BCUT2D eigenvalue weighted by Gasteiger charge is 2.12. The van der Waals surface area contributed by atoms with Crippen molar-refractivity contribution in [3.05, 3.63) is 48.0 Å². The summed E-state index contributed by atoms with van der Waals surface area (Å²) in [5.74, 6) is 1.57. The number of aromatic nitrogens is 2. The number of hydrogen-bond donors (Lipinski definition) is 1. The number of unbranched alkanes of at least 4 members (excludes halogenated alkanes) is 4. The van der Waals surface area contributed by atoms with Crippen LogP contribution in [-0.4, -0.2) is 30.0 Å². The molecule has 0 aliphatic carbocycles. The quantitative estimate of drug-likeness (QED) is 0.338. The van der Waals surface area contributed by atoms with Crippen molar-refractivity contribution in [1.82, 2.24) is 9.97 Å². The molecule has 0 spiro atoms. The van der Waals surface area contributed by atoms with Crippen LogP contribution in [0.2, 0.25) is 0 Å². The molecule has 0 atom stereocenters. The molecule has 0 aliphatic heterocycles. The Bertz CT molecular complexity index is 1010. The number of anilines is 2. The molecule has 0 amide bonds. The van der Waals surface area contributed by atoms with Gasteiger partial charge in [0.15, 0.2) is 11.5 Å². The Morgan fingerprint density at radius 1 is 1.07 bits per heavy atom. The summed E-state index contributed by atoms with van der Waals surface area (Å²) in [5, 5.41) is 4.01. The molecule has 6 nitrogen and oxygen atoms in total. The molecule has 0 bridgehead atoms. The predicted octanol–water partition coefficient (Wildman–Crippen LogP) is 5.36. The van der Waals surface area contributed by atoms with Gasteiger partial charge in [0.25, 0.3) is 0 Å². The van der Waals surface area contributed by atoms with Gasteiger partial charge >= 0.3 is 0 Å². The van der Waals surface area contributed by atoms with Crippen LogP contribution in [0.5, 0.6) is 11.5 Å². The zero-order valence-corrected chi connectivity index (χ0v) is 17.3. The van der Waals surface area contributed by atoms with Crippen molar-refractivity contribution in [3.8, 4) is 11.5 Å². The molecule has 0 saturated carbocycles. The van der Waals surface area contributed by atoms with Crippen LogP contribution in [0.15, 0.2) is 36.7 Å².